The molecule has 3 nitrogen and oxygen atoms in total. The molecule has 2 atom stereocenters. The molecule has 0 amide bonds. The molecule has 0 radical (unpaired) electrons. The number of nitrogens with one attached hydrogen (secondary N) is 1. The van der Waals surface area contributed by atoms with Crippen LogP contribution in [0.15, 0.2) is 48.8 Å². The van der Waals surface area contributed by atoms with Crippen LogP contribution in [0.3, 0.4) is 0 Å². The summed E-state index contributed by atoms with van der Waals surface area (Å²) in [7, 11) is 0. The second-order valence-electron chi connectivity index (χ2n) is 4.17. The quantitative estimate of drug-likeness (QED) is 0.854. The topological polar surface area (TPSA) is 29.9 Å². The molecule has 90 valence electrons. The minimum absolute atomic E-state index is 0.293. The second kappa shape index (κ2) is 5.64. The normalized spacial score (nSPS) is 14.5. The van der Waals surface area contributed by atoms with E-state index in [2.05, 4.69) is 48.5 Å². The van der Waals surface area contributed by atoms with Gasteiger partial charge in [0, 0.05) is 12.4 Å². The summed E-state index contributed by atoms with van der Waals surface area (Å²) in [6.07, 6.45) is 3.84. The van der Waals surface area contributed by atoms with Gasteiger partial charge in [0.25, 0.3) is 0 Å². The van der Waals surface area contributed by atoms with Crippen LogP contribution in [0, 0.1) is 0 Å². The molecule has 0 aliphatic heterocycles. The van der Waals surface area contributed by atoms with Crippen molar-refractivity contribution in [1.82, 2.24) is 15.1 Å². The molecule has 1 N–H and O–H groups in total. The molecular weight excluding hydrogens is 210 g/mol. The first-order chi connectivity index (χ1) is 8.33. The first-order valence-corrected chi connectivity index (χ1v) is 6.10. The zero-order valence-electron chi connectivity index (χ0n) is 10.4. The van der Waals surface area contributed by atoms with Crippen LogP contribution in [0.1, 0.15) is 31.5 Å². The van der Waals surface area contributed by atoms with E-state index in [4.69, 9.17) is 0 Å². The largest absolute Gasteiger partial charge is 0.308 e. The van der Waals surface area contributed by atoms with Crippen molar-refractivity contribution < 1.29 is 0 Å². The van der Waals surface area contributed by atoms with Gasteiger partial charge in [0.05, 0.1) is 12.1 Å². The number of likely N-dealkylation sites (N-methyl/N-ethyl adjacent to an activating group) is 1. The summed E-state index contributed by atoms with van der Waals surface area (Å²) < 4.78 is 2.00. The highest BCUT2D eigenvalue weighted by Crippen LogP contribution is 2.24. The average Bonchev–Trinajstić information content (AvgIpc) is 2.90. The SMILES string of the molecule is CCNC(c1ccccc1)C(C)n1cccn1. The van der Waals surface area contributed by atoms with E-state index in [1.54, 1.807) is 0 Å². The van der Waals surface area contributed by atoms with E-state index in [1.165, 1.54) is 5.56 Å². The third-order valence-electron chi connectivity index (χ3n) is 3.01. The van der Waals surface area contributed by atoms with Gasteiger partial charge in [-0.3, -0.25) is 4.68 Å². The van der Waals surface area contributed by atoms with Gasteiger partial charge in [0.2, 0.25) is 0 Å². The lowest BCUT2D eigenvalue weighted by atomic mass is 10.0. The van der Waals surface area contributed by atoms with Crippen LogP contribution in [0.25, 0.3) is 0 Å². The van der Waals surface area contributed by atoms with Gasteiger partial charge in [-0.15, -0.1) is 0 Å². The molecule has 2 rings (SSSR count). The van der Waals surface area contributed by atoms with Gasteiger partial charge in [0.15, 0.2) is 0 Å². The first kappa shape index (κ1) is 11.9. The summed E-state index contributed by atoms with van der Waals surface area (Å²) in [5.74, 6) is 0. The molecular formula is C14H19N3. The fourth-order valence-corrected chi connectivity index (χ4v) is 2.12. The maximum atomic E-state index is 4.32. The smallest absolute Gasteiger partial charge is 0.0685 e. The Morgan fingerprint density at radius 3 is 2.59 bits per heavy atom. The maximum Gasteiger partial charge on any atom is 0.0685 e. The lowest BCUT2D eigenvalue weighted by Gasteiger charge is -2.25. The van der Waals surface area contributed by atoms with Gasteiger partial charge in [-0.05, 0) is 25.1 Å². The lowest BCUT2D eigenvalue weighted by Crippen LogP contribution is -2.28. The minimum atomic E-state index is 0.293. The first-order valence-electron chi connectivity index (χ1n) is 6.10. The van der Waals surface area contributed by atoms with E-state index in [0.717, 1.165) is 6.54 Å². The van der Waals surface area contributed by atoms with Gasteiger partial charge in [-0.2, -0.15) is 5.10 Å². The minimum Gasteiger partial charge on any atom is -0.308 e. The van der Waals surface area contributed by atoms with Crippen molar-refractivity contribution in [3.8, 4) is 0 Å². The molecule has 1 heterocycles. The van der Waals surface area contributed by atoms with Crippen molar-refractivity contribution in [2.75, 3.05) is 6.54 Å². The molecule has 0 aliphatic rings. The van der Waals surface area contributed by atoms with E-state index < -0.39 is 0 Å². The number of nitrogens with zero attached hydrogens (tertiary/aromatic N) is 2. The number of benzene rings is 1. The summed E-state index contributed by atoms with van der Waals surface area (Å²) >= 11 is 0. The summed E-state index contributed by atoms with van der Waals surface area (Å²) in [5.41, 5.74) is 1.30. The van der Waals surface area contributed by atoms with E-state index in [-0.39, 0.29) is 0 Å². The number of rotatable bonds is 5. The van der Waals surface area contributed by atoms with Gasteiger partial charge in [-0.25, -0.2) is 0 Å². The third-order valence-corrected chi connectivity index (χ3v) is 3.01. The van der Waals surface area contributed by atoms with Crippen LogP contribution in [-0.2, 0) is 0 Å². The number of aromatic nitrogens is 2. The highest BCUT2D eigenvalue weighted by atomic mass is 15.3. The molecule has 0 spiro atoms. The summed E-state index contributed by atoms with van der Waals surface area (Å²) in [6.45, 7) is 5.27. The van der Waals surface area contributed by atoms with Gasteiger partial charge < -0.3 is 5.32 Å². The van der Waals surface area contributed by atoms with Crippen LogP contribution in [0.2, 0.25) is 0 Å². The Labute approximate surface area is 102 Å². The summed E-state index contributed by atoms with van der Waals surface area (Å²) in [5, 5.41) is 7.85. The molecule has 2 unspecified atom stereocenters. The number of hydrogen-bond donors (Lipinski definition) is 1. The summed E-state index contributed by atoms with van der Waals surface area (Å²) in [6, 6.07) is 13.1. The molecule has 1 aromatic heterocycles. The van der Waals surface area contributed by atoms with Crippen molar-refractivity contribution in [3.63, 3.8) is 0 Å². The monoisotopic (exact) mass is 229 g/mol. The van der Waals surface area contributed by atoms with Crippen molar-refractivity contribution in [2.45, 2.75) is 25.9 Å². The molecule has 3 heteroatoms. The van der Waals surface area contributed by atoms with E-state index in [9.17, 15) is 0 Å². The molecule has 0 fully saturated rings. The summed E-state index contributed by atoms with van der Waals surface area (Å²) in [4.78, 5) is 0. The Balaban J connectivity index is 2.23. The number of hydrogen-bond acceptors (Lipinski definition) is 2. The van der Waals surface area contributed by atoms with E-state index in [1.807, 2.05) is 29.2 Å². The Hall–Kier alpha value is -1.61. The molecule has 2 aromatic rings. The Morgan fingerprint density at radius 2 is 2.00 bits per heavy atom. The molecule has 17 heavy (non-hydrogen) atoms. The van der Waals surface area contributed by atoms with E-state index >= 15 is 0 Å². The highest BCUT2D eigenvalue weighted by Gasteiger charge is 2.19. The average molecular weight is 229 g/mol. The fraction of sp³-hybridized carbons (Fsp3) is 0.357. The van der Waals surface area contributed by atoms with Gasteiger partial charge in [0.1, 0.15) is 0 Å². The molecule has 0 aliphatic carbocycles. The second-order valence-corrected chi connectivity index (χ2v) is 4.17. The van der Waals surface area contributed by atoms with Crippen molar-refractivity contribution in [3.05, 3.63) is 54.4 Å². The van der Waals surface area contributed by atoms with Crippen LogP contribution in [0.5, 0.6) is 0 Å². The molecule has 0 saturated heterocycles. The van der Waals surface area contributed by atoms with Crippen molar-refractivity contribution in [2.24, 2.45) is 0 Å². The zero-order valence-corrected chi connectivity index (χ0v) is 10.4. The van der Waals surface area contributed by atoms with Gasteiger partial charge in [-0.1, -0.05) is 37.3 Å². The van der Waals surface area contributed by atoms with Crippen LogP contribution >= 0.6 is 0 Å². The molecule has 0 saturated carbocycles. The maximum absolute atomic E-state index is 4.32. The molecule has 1 aromatic carbocycles. The van der Waals surface area contributed by atoms with Crippen molar-refractivity contribution >= 4 is 0 Å². The zero-order chi connectivity index (χ0) is 12.1. The van der Waals surface area contributed by atoms with Crippen LogP contribution < -0.4 is 5.32 Å². The van der Waals surface area contributed by atoms with E-state index in [0.29, 0.717) is 12.1 Å². The Kier molecular flexibility index (Phi) is 3.94. The van der Waals surface area contributed by atoms with Crippen LogP contribution in [0.4, 0.5) is 0 Å². The highest BCUT2D eigenvalue weighted by molar-refractivity contribution is 5.20. The third kappa shape index (κ3) is 2.74. The Morgan fingerprint density at radius 1 is 1.24 bits per heavy atom. The fourth-order valence-electron chi connectivity index (χ4n) is 2.12. The predicted molar refractivity (Wildman–Crippen MR) is 69.8 cm³/mol. The Bertz CT molecular complexity index is 422. The predicted octanol–water partition coefficient (Wildman–Crippen LogP) is 2.79. The molecule has 0 bridgehead atoms. The standard InChI is InChI=1S/C14H19N3/c1-3-15-14(13-8-5-4-6-9-13)12(2)17-11-7-10-16-17/h4-12,14-15H,3H2,1-2H3. The van der Waals surface area contributed by atoms with Crippen LogP contribution in [-0.4, -0.2) is 16.3 Å². The lowest BCUT2D eigenvalue weighted by molar-refractivity contribution is 0.359. The van der Waals surface area contributed by atoms with Crippen molar-refractivity contribution in [1.29, 1.82) is 0 Å². The van der Waals surface area contributed by atoms with Gasteiger partial charge >= 0.3 is 0 Å².